The lowest BCUT2D eigenvalue weighted by atomic mass is 9.88. The number of nitrogens with one attached hydrogen (secondary N) is 2. The van der Waals surface area contributed by atoms with Crippen molar-refractivity contribution in [3.05, 3.63) is 98.6 Å². The Morgan fingerprint density at radius 1 is 1.00 bits per heavy atom. The third kappa shape index (κ3) is 9.67. The Labute approximate surface area is 286 Å². The van der Waals surface area contributed by atoms with Gasteiger partial charge in [0.25, 0.3) is 5.56 Å². The number of aliphatic hydroxyl groups is 1. The molecule has 9 heteroatoms. The number of hydrogen-bond donors (Lipinski definition) is 3. The topological polar surface area (TPSA) is 103 Å². The summed E-state index contributed by atoms with van der Waals surface area (Å²) >= 11 is 0. The molecule has 1 fully saturated rings. The Morgan fingerprint density at radius 3 is 2.46 bits per heavy atom. The summed E-state index contributed by atoms with van der Waals surface area (Å²) in [4.78, 5) is 29.2. The highest BCUT2D eigenvalue weighted by Crippen LogP contribution is 2.30. The number of hydrogen-bond acceptors (Lipinski definition) is 7. The van der Waals surface area contributed by atoms with Gasteiger partial charge in [0.2, 0.25) is 5.91 Å². The molecule has 1 atom stereocenters. The number of aliphatic hydroxyl groups excluding tert-OH is 1. The molecule has 0 bridgehead atoms. The molecule has 2 aromatic carbocycles. The number of allylic oxidation sites excluding steroid dienone is 2. The van der Waals surface area contributed by atoms with Crippen molar-refractivity contribution < 1.29 is 9.90 Å². The van der Waals surface area contributed by atoms with Crippen molar-refractivity contribution in [2.45, 2.75) is 72.8 Å². The number of rotatable bonds is 7. The van der Waals surface area contributed by atoms with E-state index in [2.05, 4.69) is 90.7 Å². The number of aryl methyl sites for hydroxylation is 2. The van der Waals surface area contributed by atoms with Crippen LogP contribution >= 0.6 is 0 Å². The van der Waals surface area contributed by atoms with Gasteiger partial charge in [-0.15, -0.1) is 0 Å². The molecule has 0 unspecified atom stereocenters. The Kier molecular flexibility index (Phi) is 13.2. The standard InChI is InChI=1S/C26H36N6O3.C13H18/c1-7-17(2)23(13-19-15-30(4)11-12-31(19)5)28-25-14-24(29-32(6)26(25)35)20-9-8-10-22(21(20)16-33)27-18(3)34;1-11-6-2-3-7-12-8-4-5-9-13(12)10-11/h8-10,13-14,28,33H,7,11-12,15-16H2,1-6H3,(H,27,34);4-5,8-9,11H,2-3,6-7,10H2,1H3/b19-13-,23-17?;/t;11-/m.1/s1. The van der Waals surface area contributed by atoms with Gasteiger partial charge in [0.05, 0.1) is 12.3 Å². The third-order valence-corrected chi connectivity index (χ3v) is 9.37. The summed E-state index contributed by atoms with van der Waals surface area (Å²) in [7, 11) is 5.79. The maximum absolute atomic E-state index is 13.0. The zero-order valence-corrected chi connectivity index (χ0v) is 29.9. The number of piperazine rings is 1. The van der Waals surface area contributed by atoms with E-state index in [1.54, 1.807) is 36.4 Å². The highest BCUT2D eigenvalue weighted by atomic mass is 16.3. The third-order valence-electron chi connectivity index (χ3n) is 9.37. The zero-order chi connectivity index (χ0) is 34.8. The van der Waals surface area contributed by atoms with Crippen molar-refractivity contribution in [3.63, 3.8) is 0 Å². The highest BCUT2D eigenvalue weighted by molar-refractivity contribution is 5.91. The average molecular weight is 655 g/mol. The number of anilines is 2. The first-order valence-electron chi connectivity index (χ1n) is 17.2. The highest BCUT2D eigenvalue weighted by Gasteiger charge is 2.18. The van der Waals surface area contributed by atoms with Gasteiger partial charge in [-0.25, -0.2) is 4.68 Å². The molecule has 0 spiro atoms. The summed E-state index contributed by atoms with van der Waals surface area (Å²) in [5, 5.41) is 20.6. The van der Waals surface area contributed by atoms with Crippen LogP contribution in [0, 0.1) is 5.92 Å². The number of carbonyl (C=O) groups is 1. The summed E-state index contributed by atoms with van der Waals surface area (Å²) in [6.07, 6.45) is 9.73. The molecule has 3 aromatic rings. The molecule has 9 nitrogen and oxygen atoms in total. The van der Waals surface area contributed by atoms with Gasteiger partial charge < -0.3 is 20.6 Å². The van der Waals surface area contributed by atoms with Gasteiger partial charge in [0, 0.05) is 68.9 Å². The quantitative estimate of drug-likeness (QED) is 0.273. The molecule has 2 heterocycles. The maximum atomic E-state index is 13.0. The molecule has 1 aliphatic carbocycles. The fraction of sp³-hybridized carbons (Fsp3) is 0.462. The van der Waals surface area contributed by atoms with Crippen LogP contribution in [0.3, 0.4) is 0 Å². The van der Waals surface area contributed by atoms with Crippen LogP contribution in [0.2, 0.25) is 0 Å². The summed E-state index contributed by atoms with van der Waals surface area (Å²) in [6, 6.07) is 16.0. The van der Waals surface area contributed by atoms with Gasteiger partial charge in [-0.1, -0.05) is 68.7 Å². The number of fused-ring (bicyclic) bond motifs is 1. The second kappa shape index (κ2) is 17.3. The van der Waals surface area contributed by atoms with Crippen LogP contribution in [0.4, 0.5) is 11.4 Å². The number of carbonyl (C=O) groups excluding carboxylic acids is 1. The summed E-state index contributed by atoms with van der Waals surface area (Å²) < 4.78 is 1.29. The molecule has 1 amide bonds. The molecule has 258 valence electrons. The molecule has 1 aliphatic heterocycles. The van der Waals surface area contributed by atoms with Gasteiger partial charge in [-0.2, -0.15) is 5.10 Å². The van der Waals surface area contributed by atoms with Crippen LogP contribution in [0.5, 0.6) is 0 Å². The smallest absolute Gasteiger partial charge is 0.290 e. The summed E-state index contributed by atoms with van der Waals surface area (Å²) in [6.45, 7) is 10.4. The minimum absolute atomic E-state index is 0.233. The maximum Gasteiger partial charge on any atom is 0.290 e. The van der Waals surface area contributed by atoms with Crippen molar-refractivity contribution in [1.82, 2.24) is 19.6 Å². The molecule has 0 radical (unpaired) electrons. The van der Waals surface area contributed by atoms with Gasteiger partial charge in [0.1, 0.15) is 5.69 Å². The SMILES string of the molecule is CCC(C)=C(/C=C1/CN(C)CCN1C)Nc1cc(-c2cccc(NC(C)=O)c2CO)nn(C)c1=O.C[C@@H]1CCCCc2ccccc2C1. The van der Waals surface area contributed by atoms with Crippen LogP contribution in [0.25, 0.3) is 11.3 Å². The van der Waals surface area contributed by atoms with E-state index in [1.165, 1.54) is 49.4 Å². The minimum Gasteiger partial charge on any atom is -0.392 e. The van der Waals surface area contributed by atoms with Crippen molar-refractivity contribution in [2.75, 3.05) is 44.4 Å². The normalized spacial score (nSPS) is 18.1. The minimum atomic E-state index is -0.287. The molecule has 3 N–H and O–H groups in total. The van der Waals surface area contributed by atoms with E-state index in [4.69, 9.17) is 0 Å². The van der Waals surface area contributed by atoms with E-state index in [0.717, 1.165) is 43.2 Å². The van der Waals surface area contributed by atoms with Crippen LogP contribution in [0.1, 0.15) is 70.1 Å². The van der Waals surface area contributed by atoms with E-state index < -0.39 is 0 Å². The first-order valence-corrected chi connectivity index (χ1v) is 17.2. The van der Waals surface area contributed by atoms with Crippen LogP contribution < -0.4 is 16.2 Å². The average Bonchev–Trinajstić information content (AvgIpc) is 3.05. The zero-order valence-electron chi connectivity index (χ0n) is 29.9. The number of aromatic nitrogens is 2. The number of benzene rings is 2. The van der Waals surface area contributed by atoms with Crippen molar-refractivity contribution in [3.8, 4) is 11.3 Å². The van der Waals surface area contributed by atoms with Gasteiger partial charge >= 0.3 is 0 Å². The van der Waals surface area contributed by atoms with Gasteiger partial charge in [-0.3, -0.25) is 14.5 Å². The summed E-state index contributed by atoms with van der Waals surface area (Å²) in [5.74, 6) is 0.644. The fourth-order valence-corrected chi connectivity index (χ4v) is 6.28. The van der Waals surface area contributed by atoms with E-state index in [9.17, 15) is 14.7 Å². The van der Waals surface area contributed by atoms with E-state index in [0.29, 0.717) is 28.2 Å². The number of amides is 1. The van der Waals surface area contributed by atoms with Crippen LogP contribution in [-0.4, -0.2) is 64.3 Å². The molecule has 5 rings (SSSR count). The molecule has 2 aliphatic rings. The van der Waals surface area contributed by atoms with E-state index >= 15 is 0 Å². The predicted octanol–water partition coefficient (Wildman–Crippen LogP) is 6.35. The number of nitrogens with zero attached hydrogens (tertiary/aromatic N) is 4. The van der Waals surface area contributed by atoms with Crippen molar-refractivity contribution >= 4 is 17.3 Å². The largest absolute Gasteiger partial charge is 0.392 e. The van der Waals surface area contributed by atoms with Crippen molar-refractivity contribution in [1.29, 1.82) is 0 Å². The Morgan fingerprint density at radius 2 is 1.75 bits per heavy atom. The van der Waals surface area contributed by atoms with Gasteiger partial charge in [0.15, 0.2) is 0 Å². The molecular formula is C39H54N6O3. The first kappa shape index (κ1) is 36.6. The van der Waals surface area contributed by atoms with Crippen molar-refractivity contribution in [2.24, 2.45) is 13.0 Å². The number of likely N-dealkylation sites (N-methyl/N-ethyl adjacent to an activating group) is 2. The lowest BCUT2D eigenvalue weighted by Gasteiger charge is -2.34. The Hall–Kier alpha value is -4.21. The predicted molar refractivity (Wildman–Crippen MR) is 197 cm³/mol. The van der Waals surface area contributed by atoms with E-state index in [-0.39, 0.29) is 18.1 Å². The fourth-order valence-electron chi connectivity index (χ4n) is 6.28. The molecule has 0 saturated carbocycles. The second-order valence-electron chi connectivity index (χ2n) is 13.3. The van der Waals surface area contributed by atoms with E-state index in [1.807, 2.05) is 6.07 Å². The summed E-state index contributed by atoms with van der Waals surface area (Å²) in [5.41, 5.74) is 8.70. The lowest BCUT2D eigenvalue weighted by molar-refractivity contribution is -0.114. The van der Waals surface area contributed by atoms with Crippen LogP contribution in [0.15, 0.2) is 76.4 Å². The molecule has 1 saturated heterocycles. The first-order chi connectivity index (χ1) is 23.0. The monoisotopic (exact) mass is 654 g/mol. The lowest BCUT2D eigenvalue weighted by Crippen LogP contribution is -2.40. The Bertz CT molecular complexity index is 1690. The molecule has 1 aromatic heterocycles. The van der Waals surface area contributed by atoms with Crippen LogP contribution in [-0.2, 0) is 31.3 Å². The second-order valence-corrected chi connectivity index (χ2v) is 13.3. The Balaban J connectivity index is 0.000000331. The van der Waals surface area contributed by atoms with Gasteiger partial charge in [-0.05, 0) is 74.9 Å². The molecular weight excluding hydrogens is 600 g/mol. The molecule has 48 heavy (non-hydrogen) atoms.